The van der Waals surface area contributed by atoms with Crippen molar-refractivity contribution in [3.05, 3.63) is 23.3 Å². The van der Waals surface area contributed by atoms with Gasteiger partial charge in [0.15, 0.2) is 0 Å². The molecular formula is C9H9O4-. The van der Waals surface area contributed by atoms with E-state index < -0.39 is 11.7 Å². The molecule has 4 heteroatoms. The van der Waals surface area contributed by atoms with Gasteiger partial charge < -0.3 is 15.3 Å². The Hall–Kier alpha value is -1.71. The van der Waals surface area contributed by atoms with Gasteiger partial charge >= 0.3 is 5.97 Å². The van der Waals surface area contributed by atoms with Gasteiger partial charge in [-0.2, -0.15) is 0 Å². The van der Waals surface area contributed by atoms with Crippen LogP contribution in [-0.4, -0.2) is 16.2 Å². The average molecular weight is 181 g/mol. The summed E-state index contributed by atoms with van der Waals surface area (Å²) in [5, 5.41) is 28.9. The lowest BCUT2D eigenvalue weighted by Gasteiger charge is -2.14. The molecule has 1 rings (SSSR count). The molecule has 4 nitrogen and oxygen atoms in total. The van der Waals surface area contributed by atoms with Crippen molar-refractivity contribution >= 4 is 5.97 Å². The first-order valence-corrected chi connectivity index (χ1v) is 3.82. The lowest BCUT2D eigenvalue weighted by molar-refractivity contribution is -0.269. The van der Waals surface area contributed by atoms with Crippen molar-refractivity contribution in [2.75, 3.05) is 0 Å². The van der Waals surface area contributed by atoms with Crippen LogP contribution >= 0.6 is 0 Å². The van der Waals surface area contributed by atoms with E-state index in [1.807, 2.05) is 0 Å². The fourth-order valence-corrected chi connectivity index (χ4v) is 1.19. The summed E-state index contributed by atoms with van der Waals surface area (Å²) in [4.78, 5) is 10.6. The van der Waals surface area contributed by atoms with E-state index in [1.54, 1.807) is 6.92 Å². The number of phenols is 1. The Morgan fingerprint density at radius 3 is 2.62 bits per heavy atom. The Kier molecular flexibility index (Phi) is 2.41. The van der Waals surface area contributed by atoms with Crippen LogP contribution in [0.25, 0.3) is 0 Å². The standard InChI is InChI=1S/C9H10O4/c1-2-6-7(9(12)13)3-5(10)4-8(6)11/h3-4,10-11H,2H2,1H3,(H,12,13)/p-1. The topological polar surface area (TPSA) is 80.6 Å². The third-order valence-electron chi connectivity index (χ3n) is 1.78. The second kappa shape index (κ2) is 3.35. The first-order valence-electron chi connectivity index (χ1n) is 3.82. The number of phenolic OH excluding ortho intramolecular Hbond substituents is 1. The van der Waals surface area contributed by atoms with E-state index >= 15 is 0 Å². The van der Waals surface area contributed by atoms with Crippen LogP contribution in [0.1, 0.15) is 22.8 Å². The minimum Gasteiger partial charge on any atom is -0.872 e. The molecule has 1 aromatic carbocycles. The SMILES string of the molecule is CCc1c([O-])cc(O)cc1C(=O)O. The summed E-state index contributed by atoms with van der Waals surface area (Å²) in [7, 11) is 0. The summed E-state index contributed by atoms with van der Waals surface area (Å²) in [5.74, 6) is -1.93. The van der Waals surface area contributed by atoms with Crippen LogP contribution in [0.2, 0.25) is 0 Å². The highest BCUT2D eigenvalue weighted by Gasteiger charge is 2.10. The Morgan fingerprint density at radius 2 is 2.15 bits per heavy atom. The van der Waals surface area contributed by atoms with Gasteiger partial charge in [0, 0.05) is 0 Å². The molecule has 0 spiro atoms. The van der Waals surface area contributed by atoms with E-state index in [-0.39, 0.29) is 16.9 Å². The second-order valence-corrected chi connectivity index (χ2v) is 2.63. The Morgan fingerprint density at radius 1 is 1.54 bits per heavy atom. The summed E-state index contributed by atoms with van der Waals surface area (Å²) in [6.07, 6.45) is 0.348. The normalized spacial score (nSPS) is 9.92. The van der Waals surface area contributed by atoms with Crippen molar-refractivity contribution < 1.29 is 20.1 Å². The number of hydrogen-bond donors (Lipinski definition) is 2. The molecule has 0 aliphatic rings. The maximum absolute atomic E-state index is 11.2. The third kappa shape index (κ3) is 1.72. The van der Waals surface area contributed by atoms with Crippen molar-refractivity contribution in [2.45, 2.75) is 13.3 Å². The van der Waals surface area contributed by atoms with Crippen LogP contribution in [0.15, 0.2) is 12.1 Å². The predicted octanol–water partition coefficient (Wildman–Crippen LogP) is 0.726. The zero-order valence-electron chi connectivity index (χ0n) is 7.07. The molecule has 70 valence electrons. The third-order valence-corrected chi connectivity index (χ3v) is 1.78. The van der Waals surface area contributed by atoms with Gasteiger partial charge in [-0.15, -0.1) is 5.75 Å². The zero-order chi connectivity index (χ0) is 10.0. The van der Waals surface area contributed by atoms with Crippen molar-refractivity contribution in [3.63, 3.8) is 0 Å². The molecule has 0 atom stereocenters. The van der Waals surface area contributed by atoms with Gasteiger partial charge in [-0.3, -0.25) is 0 Å². The largest absolute Gasteiger partial charge is 0.872 e. The minimum atomic E-state index is -1.19. The summed E-state index contributed by atoms with van der Waals surface area (Å²) >= 11 is 0. The van der Waals surface area contributed by atoms with Crippen LogP contribution in [0.4, 0.5) is 0 Å². The summed E-state index contributed by atoms with van der Waals surface area (Å²) in [6, 6.07) is 2.10. The number of carbonyl (C=O) groups is 1. The van der Waals surface area contributed by atoms with Crippen LogP contribution < -0.4 is 5.11 Å². The summed E-state index contributed by atoms with van der Waals surface area (Å²) < 4.78 is 0. The van der Waals surface area contributed by atoms with Gasteiger partial charge in [0.1, 0.15) is 5.75 Å². The number of benzene rings is 1. The quantitative estimate of drug-likeness (QED) is 0.704. The number of hydrogen-bond acceptors (Lipinski definition) is 3. The Labute approximate surface area is 75.1 Å². The first-order chi connectivity index (χ1) is 6.06. The lowest BCUT2D eigenvalue weighted by atomic mass is 10.0. The highest BCUT2D eigenvalue weighted by atomic mass is 16.4. The maximum atomic E-state index is 11.2. The second-order valence-electron chi connectivity index (χ2n) is 2.63. The van der Waals surface area contributed by atoms with Gasteiger partial charge in [-0.25, -0.2) is 4.79 Å². The minimum absolute atomic E-state index is 0.118. The summed E-state index contributed by atoms with van der Waals surface area (Å²) in [6.45, 7) is 1.69. The first kappa shape index (κ1) is 9.38. The number of carboxylic acids is 1. The molecule has 0 unspecified atom stereocenters. The molecule has 0 fully saturated rings. The van der Waals surface area contributed by atoms with Gasteiger partial charge in [0.25, 0.3) is 0 Å². The smallest absolute Gasteiger partial charge is 0.336 e. The van der Waals surface area contributed by atoms with Gasteiger partial charge in [-0.1, -0.05) is 6.92 Å². The van der Waals surface area contributed by atoms with Crippen molar-refractivity contribution in [1.82, 2.24) is 0 Å². The molecule has 0 aliphatic heterocycles. The predicted molar refractivity (Wildman–Crippen MR) is 43.9 cm³/mol. The highest BCUT2D eigenvalue weighted by molar-refractivity contribution is 5.90. The maximum Gasteiger partial charge on any atom is 0.336 e. The number of aromatic carboxylic acids is 1. The van der Waals surface area contributed by atoms with E-state index in [1.165, 1.54) is 0 Å². The molecule has 0 bridgehead atoms. The van der Waals surface area contributed by atoms with Gasteiger partial charge in [-0.05, 0) is 24.1 Å². The van der Waals surface area contributed by atoms with Crippen molar-refractivity contribution in [3.8, 4) is 11.5 Å². The molecule has 0 aliphatic carbocycles. The zero-order valence-corrected chi connectivity index (χ0v) is 7.07. The molecule has 0 radical (unpaired) electrons. The number of aromatic hydroxyl groups is 1. The number of carboxylic acid groups (broad SMARTS) is 1. The van der Waals surface area contributed by atoms with E-state index in [9.17, 15) is 9.90 Å². The van der Waals surface area contributed by atoms with Crippen LogP contribution in [0.5, 0.6) is 11.5 Å². The van der Waals surface area contributed by atoms with Crippen LogP contribution in [0.3, 0.4) is 0 Å². The van der Waals surface area contributed by atoms with Gasteiger partial charge in [0.05, 0.1) is 5.56 Å². The molecule has 0 saturated heterocycles. The molecule has 0 aromatic heterocycles. The Balaban J connectivity index is 3.38. The van der Waals surface area contributed by atoms with E-state index in [0.29, 0.717) is 6.42 Å². The monoisotopic (exact) mass is 181 g/mol. The van der Waals surface area contributed by atoms with E-state index in [2.05, 4.69) is 0 Å². The van der Waals surface area contributed by atoms with Gasteiger partial charge in [0.2, 0.25) is 0 Å². The van der Waals surface area contributed by atoms with E-state index in [0.717, 1.165) is 12.1 Å². The highest BCUT2D eigenvalue weighted by Crippen LogP contribution is 2.25. The molecule has 0 saturated carbocycles. The van der Waals surface area contributed by atoms with Crippen molar-refractivity contribution in [2.24, 2.45) is 0 Å². The van der Waals surface area contributed by atoms with Crippen LogP contribution in [0, 0.1) is 0 Å². The molecule has 1 aromatic rings. The fraction of sp³-hybridized carbons (Fsp3) is 0.222. The molecule has 0 amide bonds. The van der Waals surface area contributed by atoms with E-state index in [4.69, 9.17) is 10.2 Å². The lowest BCUT2D eigenvalue weighted by Crippen LogP contribution is -2.05. The van der Waals surface area contributed by atoms with Crippen molar-refractivity contribution in [1.29, 1.82) is 0 Å². The summed E-state index contributed by atoms with van der Waals surface area (Å²) in [5.41, 5.74) is 0.109. The molecule has 13 heavy (non-hydrogen) atoms. The molecule has 2 N–H and O–H groups in total. The van der Waals surface area contributed by atoms with Crippen LogP contribution in [-0.2, 0) is 6.42 Å². The Bertz CT molecular complexity index is 344. The number of rotatable bonds is 2. The molecule has 0 heterocycles. The molecular weight excluding hydrogens is 172 g/mol. The fourth-order valence-electron chi connectivity index (χ4n) is 1.19. The average Bonchev–Trinajstić information content (AvgIpc) is 2.02.